The van der Waals surface area contributed by atoms with Crippen LogP contribution in [0, 0.1) is 0 Å². The van der Waals surface area contributed by atoms with E-state index in [0.717, 1.165) is 4.31 Å². The van der Waals surface area contributed by atoms with E-state index in [2.05, 4.69) is 5.32 Å². The Morgan fingerprint density at radius 1 is 0.872 bits per heavy atom. The molecule has 11 heteroatoms. The summed E-state index contributed by atoms with van der Waals surface area (Å²) >= 11 is 18.7. The van der Waals surface area contributed by atoms with E-state index in [1.54, 1.807) is 49.4 Å². The van der Waals surface area contributed by atoms with Crippen LogP contribution in [0.2, 0.25) is 15.1 Å². The van der Waals surface area contributed by atoms with Crippen LogP contribution in [-0.4, -0.2) is 43.8 Å². The third kappa shape index (κ3) is 7.66. The summed E-state index contributed by atoms with van der Waals surface area (Å²) in [5.41, 5.74) is 0.763. The van der Waals surface area contributed by atoms with Crippen molar-refractivity contribution in [2.24, 2.45) is 0 Å². The summed E-state index contributed by atoms with van der Waals surface area (Å²) in [6, 6.07) is 18.0. The highest BCUT2D eigenvalue weighted by Crippen LogP contribution is 2.31. The fourth-order valence-electron chi connectivity index (χ4n) is 3.75. The van der Waals surface area contributed by atoms with Crippen LogP contribution in [0.25, 0.3) is 0 Å². The predicted molar refractivity (Wildman–Crippen MR) is 157 cm³/mol. The molecule has 3 aromatic carbocycles. The minimum Gasteiger partial charge on any atom is -0.352 e. The number of carbonyl (C=O) groups is 2. The van der Waals surface area contributed by atoms with Gasteiger partial charge in [0.15, 0.2) is 0 Å². The molecule has 7 nitrogen and oxygen atoms in total. The molecule has 0 heterocycles. The summed E-state index contributed by atoms with van der Waals surface area (Å²) < 4.78 is 28.5. The Morgan fingerprint density at radius 3 is 2.13 bits per heavy atom. The number of sulfonamides is 1. The Bertz CT molecular complexity index is 1420. The molecule has 0 aromatic heterocycles. The zero-order chi connectivity index (χ0) is 28.7. The first kappa shape index (κ1) is 30.8. The van der Waals surface area contributed by atoms with Gasteiger partial charge in [-0.1, -0.05) is 78.1 Å². The van der Waals surface area contributed by atoms with Gasteiger partial charge in [-0.05, 0) is 62.2 Å². The normalized spacial score (nSPS) is 12.9. The van der Waals surface area contributed by atoms with Crippen molar-refractivity contribution in [2.45, 2.75) is 50.7 Å². The Kier molecular flexibility index (Phi) is 10.7. The van der Waals surface area contributed by atoms with Gasteiger partial charge < -0.3 is 10.2 Å². The number of nitrogens with one attached hydrogen (secondary N) is 1. The molecule has 0 unspecified atom stereocenters. The second-order valence-corrected chi connectivity index (χ2v) is 12.1. The number of hydrogen-bond donors (Lipinski definition) is 1. The van der Waals surface area contributed by atoms with Gasteiger partial charge in [-0.2, -0.15) is 0 Å². The average Bonchev–Trinajstić information content (AvgIpc) is 2.92. The number of halogens is 3. The maximum atomic E-state index is 13.9. The minimum absolute atomic E-state index is 0.00576. The van der Waals surface area contributed by atoms with E-state index < -0.39 is 28.5 Å². The van der Waals surface area contributed by atoms with Gasteiger partial charge in [0.25, 0.3) is 10.0 Å². The molecular formula is C28H30Cl3N3O4S. The summed E-state index contributed by atoms with van der Waals surface area (Å²) in [5, 5.41) is 3.67. The van der Waals surface area contributed by atoms with Crippen LogP contribution in [0.1, 0.15) is 32.8 Å². The number of hydrogen-bond acceptors (Lipinski definition) is 4. The SMILES string of the molecule is CC[C@@H](C)NC(=O)[C@H](C)N(Cc1ccccc1Cl)C(=O)CN(c1ccc(Cl)c(Cl)c1)S(=O)(=O)c1ccccc1. The zero-order valence-corrected chi connectivity index (χ0v) is 24.9. The molecule has 0 saturated carbocycles. The smallest absolute Gasteiger partial charge is 0.264 e. The fourth-order valence-corrected chi connectivity index (χ4v) is 5.66. The topological polar surface area (TPSA) is 86.8 Å². The highest BCUT2D eigenvalue weighted by atomic mass is 35.5. The summed E-state index contributed by atoms with van der Waals surface area (Å²) in [4.78, 5) is 28.3. The van der Waals surface area contributed by atoms with Gasteiger partial charge in [-0.3, -0.25) is 13.9 Å². The minimum atomic E-state index is -4.20. The molecule has 0 saturated heterocycles. The highest BCUT2D eigenvalue weighted by Gasteiger charge is 2.33. The number of anilines is 1. The summed E-state index contributed by atoms with van der Waals surface area (Å²) in [6.45, 7) is 4.80. The Morgan fingerprint density at radius 2 is 1.51 bits per heavy atom. The zero-order valence-electron chi connectivity index (χ0n) is 21.8. The quantitative estimate of drug-likeness (QED) is 0.281. The molecule has 39 heavy (non-hydrogen) atoms. The molecule has 0 bridgehead atoms. The van der Waals surface area contributed by atoms with E-state index in [9.17, 15) is 18.0 Å². The first-order chi connectivity index (χ1) is 18.4. The number of amides is 2. The maximum Gasteiger partial charge on any atom is 0.264 e. The van der Waals surface area contributed by atoms with E-state index in [1.165, 1.54) is 35.2 Å². The molecule has 208 valence electrons. The summed E-state index contributed by atoms with van der Waals surface area (Å²) in [5.74, 6) is -0.968. The Balaban J connectivity index is 2.05. The molecule has 3 aromatic rings. The molecule has 0 aliphatic carbocycles. The van der Waals surface area contributed by atoms with Crippen LogP contribution in [0.4, 0.5) is 5.69 Å². The Labute approximate surface area is 244 Å². The largest absolute Gasteiger partial charge is 0.352 e. The Hall–Kier alpha value is -2.78. The molecule has 3 rings (SSSR count). The van der Waals surface area contributed by atoms with E-state index in [4.69, 9.17) is 34.8 Å². The summed E-state index contributed by atoms with van der Waals surface area (Å²) in [6.07, 6.45) is 0.706. The van der Waals surface area contributed by atoms with Crippen LogP contribution in [0.15, 0.2) is 77.7 Å². The summed E-state index contributed by atoms with van der Waals surface area (Å²) in [7, 11) is -4.20. The molecule has 0 aliphatic heterocycles. The molecule has 1 N–H and O–H groups in total. The van der Waals surface area contributed by atoms with Gasteiger partial charge in [-0.25, -0.2) is 8.42 Å². The number of benzene rings is 3. The van der Waals surface area contributed by atoms with Gasteiger partial charge in [0.1, 0.15) is 12.6 Å². The molecule has 0 spiro atoms. The van der Waals surface area contributed by atoms with Crippen LogP contribution in [0.5, 0.6) is 0 Å². The van der Waals surface area contributed by atoms with Crippen LogP contribution < -0.4 is 9.62 Å². The second-order valence-electron chi connectivity index (χ2n) is 9.03. The first-order valence-corrected chi connectivity index (χ1v) is 14.9. The molecular weight excluding hydrogens is 581 g/mol. The van der Waals surface area contributed by atoms with Gasteiger partial charge in [0, 0.05) is 17.6 Å². The van der Waals surface area contributed by atoms with Crippen molar-refractivity contribution in [3.05, 3.63) is 93.4 Å². The lowest BCUT2D eigenvalue weighted by molar-refractivity contribution is -0.139. The van der Waals surface area contributed by atoms with Crippen molar-refractivity contribution >= 4 is 62.3 Å². The number of nitrogens with zero attached hydrogens (tertiary/aromatic N) is 2. The lowest BCUT2D eigenvalue weighted by atomic mass is 10.1. The fraction of sp³-hybridized carbons (Fsp3) is 0.286. The van der Waals surface area contributed by atoms with Crippen LogP contribution in [0.3, 0.4) is 0 Å². The molecule has 2 atom stereocenters. The monoisotopic (exact) mass is 609 g/mol. The van der Waals surface area contributed by atoms with E-state index in [0.29, 0.717) is 17.0 Å². The van der Waals surface area contributed by atoms with Gasteiger partial charge >= 0.3 is 0 Å². The van der Waals surface area contributed by atoms with Gasteiger partial charge in [0.2, 0.25) is 11.8 Å². The molecule has 2 amide bonds. The first-order valence-electron chi connectivity index (χ1n) is 12.3. The van der Waals surface area contributed by atoms with E-state index >= 15 is 0 Å². The molecule has 0 aliphatic rings. The van der Waals surface area contributed by atoms with Crippen molar-refractivity contribution in [3.63, 3.8) is 0 Å². The van der Waals surface area contributed by atoms with Crippen molar-refractivity contribution in [3.8, 4) is 0 Å². The third-order valence-corrected chi connectivity index (χ3v) is 9.16. The second kappa shape index (κ2) is 13.5. The van der Waals surface area contributed by atoms with Crippen molar-refractivity contribution in [1.82, 2.24) is 10.2 Å². The average molecular weight is 611 g/mol. The standard InChI is InChI=1S/C28H30Cl3N3O4S/c1-4-19(2)32-28(36)20(3)33(17-21-10-8-9-13-24(21)29)27(35)18-34(22-14-15-25(30)26(31)16-22)39(37,38)23-11-6-5-7-12-23/h5-16,19-20H,4,17-18H2,1-3H3,(H,32,36)/t19-,20+/m1/s1. The number of rotatable bonds is 11. The molecule has 0 radical (unpaired) electrons. The van der Waals surface area contributed by atoms with Crippen LogP contribution in [-0.2, 0) is 26.2 Å². The lowest BCUT2D eigenvalue weighted by Crippen LogP contribution is -2.52. The van der Waals surface area contributed by atoms with Gasteiger partial charge in [0.05, 0.1) is 20.6 Å². The van der Waals surface area contributed by atoms with Crippen molar-refractivity contribution < 1.29 is 18.0 Å². The van der Waals surface area contributed by atoms with E-state index in [-0.39, 0.29) is 39.1 Å². The predicted octanol–water partition coefficient (Wildman–Crippen LogP) is 6.17. The van der Waals surface area contributed by atoms with Crippen LogP contribution >= 0.6 is 34.8 Å². The molecule has 0 fully saturated rings. The van der Waals surface area contributed by atoms with Gasteiger partial charge in [-0.15, -0.1) is 0 Å². The van der Waals surface area contributed by atoms with E-state index in [1.807, 2.05) is 13.8 Å². The lowest BCUT2D eigenvalue weighted by Gasteiger charge is -2.32. The van der Waals surface area contributed by atoms with Crippen molar-refractivity contribution in [1.29, 1.82) is 0 Å². The third-order valence-electron chi connectivity index (χ3n) is 6.27. The highest BCUT2D eigenvalue weighted by molar-refractivity contribution is 7.92. The van der Waals surface area contributed by atoms with Crippen molar-refractivity contribution in [2.75, 3.05) is 10.8 Å². The maximum absolute atomic E-state index is 13.9. The number of carbonyl (C=O) groups excluding carboxylic acids is 2.